The summed E-state index contributed by atoms with van der Waals surface area (Å²) in [5.41, 5.74) is 2.98. The van der Waals surface area contributed by atoms with Gasteiger partial charge in [-0.15, -0.1) is 11.3 Å². The van der Waals surface area contributed by atoms with Gasteiger partial charge in [0.2, 0.25) is 0 Å². The molecule has 6 heteroatoms. The smallest absolute Gasteiger partial charge is 0.267 e. The summed E-state index contributed by atoms with van der Waals surface area (Å²) < 4.78 is 11.8. The minimum atomic E-state index is -0.166. The minimum Gasteiger partial charge on any atom is -0.485 e. The number of rotatable bonds is 9. The molecule has 32 heavy (non-hydrogen) atoms. The summed E-state index contributed by atoms with van der Waals surface area (Å²) in [6.07, 6.45) is 0. The standard InChI is InChI=1S/C26H24N2O3S/c1-20-19-32-26(27-20)28(16-21-10-4-2-5-11-21)25(29)18-31-24-15-9-8-14-23(24)30-17-22-12-6-3-7-13-22/h2-15,19H,16-18H2,1H3. The first-order valence-electron chi connectivity index (χ1n) is 10.3. The van der Waals surface area contributed by atoms with E-state index in [2.05, 4.69) is 4.98 Å². The number of hydrogen-bond donors (Lipinski definition) is 0. The molecule has 1 amide bonds. The molecule has 0 saturated heterocycles. The van der Waals surface area contributed by atoms with Gasteiger partial charge in [-0.1, -0.05) is 72.8 Å². The van der Waals surface area contributed by atoms with Crippen molar-refractivity contribution in [3.05, 3.63) is 107 Å². The fourth-order valence-corrected chi connectivity index (χ4v) is 3.95. The van der Waals surface area contributed by atoms with E-state index in [4.69, 9.17) is 9.47 Å². The molecule has 0 bridgehead atoms. The molecular formula is C26H24N2O3S. The molecule has 0 radical (unpaired) electrons. The Labute approximate surface area is 191 Å². The summed E-state index contributed by atoms with van der Waals surface area (Å²) in [6.45, 7) is 2.66. The van der Waals surface area contributed by atoms with Crippen molar-refractivity contribution in [3.8, 4) is 11.5 Å². The zero-order valence-corrected chi connectivity index (χ0v) is 18.6. The van der Waals surface area contributed by atoms with Gasteiger partial charge in [-0.25, -0.2) is 4.98 Å². The maximum absolute atomic E-state index is 13.1. The number of para-hydroxylation sites is 2. The number of carbonyl (C=O) groups is 1. The lowest BCUT2D eigenvalue weighted by Crippen LogP contribution is -2.34. The number of ether oxygens (including phenoxy) is 2. The first-order chi connectivity index (χ1) is 15.7. The van der Waals surface area contributed by atoms with Crippen LogP contribution in [0.2, 0.25) is 0 Å². The molecule has 0 aliphatic heterocycles. The summed E-state index contributed by atoms with van der Waals surface area (Å²) in [5, 5.41) is 2.60. The van der Waals surface area contributed by atoms with Crippen LogP contribution in [0.5, 0.6) is 11.5 Å². The second-order valence-corrected chi connectivity index (χ2v) is 8.08. The van der Waals surface area contributed by atoms with Crippen LogP contribution >= 0.6 is 11.3 Å². The maximum Gasteiger partial charge on any atom is 0.267 e. The lowest BCUT2D eigenvalue weighted by molar-refractivity contribution is -0.120. The van der Waals surface area contributed by atoms with Gasteiger partial charge in [-0.3, -0.25) is 9.69 Å². The molecule has 0 aliphatic rings. The van der Waals surface area contributed by atoms with Crippen molar-refractivity contribution >= 4 is 22.4 Å². The summed E-state index contributed by atoms with van der Waals surface area (Å²) in [6, 6.07) is 27.2. The zero-order chi connectivity index (χ0) is 22.2. The lowest BCUT2D eigenvalue weighted by atomic mass is 10.2. The molecule has 0 unspecified atom stereocenters. The molecule has 0 N–H and O–H groups in total. The van der Waals surface area contributed by atoms with E-state index in [0.717, 1.165) is 16.8 Å². The Morgan fingerprint density at radius 2 is 1.44 bits per heavy atom. The van der Waals surface area contributed by atoms with Gasteiger partial charge >= 0.3 is 0 Å². The van der Waals surface area contributed by atoms with E-state index < -0.39 is 0 Å². The van der Waals surface area contributed by atoms with Crippen LogP contribution in [0.15, 0.2) is 90.3 Å². The molecule has 4 rings (SSSR count). The SMILES string of the molecule is Cc1csc(N(Cc2ccccc2)C(=O)COc2ccccc2OCc2ccccc2)n1. The Hall–Kier alpha value is -3.64. The van der Waals surface area contributed by atoms with Gasteiger partial charge in [0.1, 0.15) is 6.61 Å². The molecular weight excluding hydrogens is 420 g/mol. The summed E-state index contributed by atoms with van der Waals surface area (Å²) in [7, 11) is 0. The van der Waals surface area contributed by atoms with Crippen LogP contribution in [-0.2, 0) is 17.9 Å². The summed E-state index contributed by atoms with van der Waals surface area (Å²) in [4.78, 5) is 19.3. The van der Waals surface area contributed by atoms with Gasteiger partial charge < -0.3 is 9.47 Å². The van der Waals surface area contributed by atoms with Crippen molar-refractivity contribution in [2.75, 3.05) is 11.5 Å². The third-order valence-electron chi connectivity index (χ3n) is 4.76. The van der Waals surface area contributed by atoms with Crippen LogP contribution in [0.1, 0.15) is 16.8 Å². The molecule has 1 heterocycles. The van der Waals surface area contributed by atoms with Gasteiger partial charge in [-0.2, -0.15) is 0 Å². The van der Waals surface area contributed by atoms with Crippen molar-refractivity contribution in [1.82, 2.24) is 4.98 Å². The number of hydrogen-bond acceptors (Lipinski definition) is 5. The Kier molecular flexibility index (Phi) is 7.15. The Balaban J connectivity index is 1.45. The molecule has 0 aliphatic carbocycles. The van der Waals surface area contributed by atoms with E-state index in [9.17, 15) is 4.79 Å². The average molecular weight is 445 g/mol. The average Bonchev–Trinajstić information content (AvgIpc) is 3.27. The first kappa shape index (κ1) is 21.6. The second kappa shape index (κ2) is 10.6. The normalized spacial score (nSPS) is 10.5. The summed E-state index contributed by atoms with van der Waals surface area (Å²) >= 11 is 1.45. The fraction of sp³-hybridized carbons (Fsp3) is 0.154. The number of aromatic nitrogens is 1. The molecule has 0 fully saturated rings. The molecule has 5 nitrogen and oxygen atoms in total. The number of carbonyl (C=O) groups excluding carboxylic acids is 1. The third-order valence-corrected chi connectivity index (χ3v) is 5.74. The molecule has 3 aromatic carbocycles. The molecule has 1 aromatic heterocycles. The number of benzene rings is 3. The maximum atomic E-state index is 13.1. The van der Waals surface area contributed by atoms with Gasteiger partial charge in [0.15, 0.2) is 23.2 Å². The van der Waals surface area contributed by atoms with E-state index in [1.165, 1.54) is 11.3 Å². The van der Waals surface area contributed by atoms with E-state index in [0.29, 0.717) is 29.8 Å². The topological polar surface area (TPSA) is 51.7 Å². The number of nitrogens with zero attached hydrogens (tertiary/aromatic N) is 2. The highest BCUT2D eigenvalue weighted by Crippen LogP contribution is 2.28. The summed E-state index contributed by atoms with van der Waals surface area (Å²) in [5.74, 6) is 0.969. The first-order valence-corrected chi connectivity index (χ1v) is 11.2. The van der Waals surface area contributed by atoms with E-state index in [1.807, 2.05) is 97.2 Å². The highest BCUT2D eigenvalue weighted by molar-refractivity contribution is 7.14. The van der Waals surface area contributed by atoms with Crippen LogP contribution in [0, 0.1) is 6.92 Å². The van der Waals surface area contributed by atoms with Crippen molar-refractivity contribution in [1.29, 1.82) is 0 Å². The van der Waals surface area contributed by atoms with Crippen LogP contribution in [0.4, 0.5) is 5.13 Å². The lowest BCUT2D eigenvalue weighted by Gasteiger charge is -2.21. The van der Waals surface area contributed by atoms with Crippen LogP contribution in [0.25, 0.3) is 0 Å². The second-order valence-electron chi connectivity index (χ2n) is 7.25. The van der Waals surface area contributed by atoms with E-state index >= 15 is 0 Å². The van der Waals surface area contributed by atoms with Crippen LogP contribution in [0.3, 0.4) is 0 Å². The monoisotopic (exact) mass is 444 g/mol. The molecule has 4 aromatic rings. The predicted molar refractivity (Wildman–Crippen MR) is 127 cm³/mol. The Bertz CT molecular complexity index is 1150. The highest BCUT2D eigenvalue weighted by atomic mass is 32.1. The van der Waals surface area contributed by atoms with Crippen molar-refractivity contribution in [3.63, 3.8) is 0 Å². The van der Waals surface area contributed by atoms with E-state index in [1.54, 1.807) is 4.90 Å². The molecule has 0 spiro atoms. The van der Waals surface area contributed by atoms with Gasteiger partial charge in [0.25, 0.3) is 5.91 Å². The van der Waals surface area contributed by atoms with Gasteiger partial charge in [0, 0.05) is 5.38 Å². The fourth-order valence-electron chi connectivity index (χ4n) is 3.14. The quantitative estimate of drug-likeness (QED) is 0.335. The van der Waals surface area contributed by atoms with Crippen molar-refractivity contribution in [2.24, 2.45) is 0 Å². The molecule has 0 atom stereocenters. The van der Waals surface area contributed by atoms with Gasteiger partial charge in [-0.05, 0) is 30.2 Å². The predicted octanol–water partition coefficient (Wildman–Crippen LogP) is 5.64. The zero-order valence-electron chi connectivity index (χ0n) is 17.8. The molecule has 162 valence electrons. The number of aryl methyl sites for hydroxylation is 1. The van der Waals surface area contributed by atoms with Crippen LogP contribution < -0.4 is 14.4 Å². The van der Waals surface area contributed by atoms with Crippen LogP contribution in [-0.4, -0.2) is 17.5 Å². The largest absolute Gasteiger partial charge is 0.485 e. The van der Waals surface area contributed by atoms with Crippen molar-refractivity contribution in [2.45, 2.75) is 20.1 Å². The van der Waals surface area contributed by atoms with E-state index in [-0.39, 0.29) is 12.5 Å². The van der Waals surface area contributed by atoms with Crippen molar-refractivity contribution < 1.29 is 14.3 Å². The third kappa shape index (κ3) is 5.74. The Morgan fingerprint density at radius 1 is 0.844 bits per heavy atom. The Morgan fingerprint density at radius 3 is 2.06 bits per heavy atom. The number of amides is 1. The minimum absolute atomic E-state index is 0.114. The van der Waals surface area contributed by atoms with Gasteiger partial charge in [0.05, 0.1) is 12.2 Å². The number of anilines is 1. The molecule has 0 saturated carbocycles. The highest BCUT2D eigenvalue weighted by Gasteiger charge is 2.20. The number of thiazole rings is 1.